The molecule has 1 aliphatic rings. The largest absolute Gasteiger partial charge is 0.467 e. The molecule has 0 bridgehead atoms. The van der Waals surface area contributed by atoms with Gasteiger partial charge in [0.05, 0.1) is 19.0 Å². The first-order chi connectivity index (χ1) is 11.8. The number of carbonyl (C=O) groups excluding carboxylic acids is 1. The molecule has 7 heteroatoms. The van der Waals surface area contributed by atoms with Crippen LogP contribution in [0.25, 0.3) is 10.2 Å². The summed E-state index contributed by atoms with van der Waals surface area (Å²) in [6, 6.07) is -0.692. The molecular formula is C18H25N3O3S. The molecule has 0 saturated carbocycles. The number of rotatable bonds is 4. The molecule has 6 nitrogen and oxygen atoms in total. The smallest absolute Gasteiger partial charge is 0.328 e. The number of hydrogen-bond donors (Lipinski definition) is 0. The van der Waals surface area contributed by atoms with E-state index in [0.717, 1.165) is 29.7 Å². The second-order valence-corrected chi connectivity index (χ2v) is 8.26. The van der Waals surface area contributed by atoms with Crippen LogP contribution in [0.4, 0.5) is 0 Å². The van der Waals surface area contributed by atoms with Crippen LogP contribution in [0.15, 0.2) is 4.79 Å². The predicted molar refractivity (Wildman–Crippen MR) is 99.2 cm³/mol. The molecule has 0 fully saturated rings. The normalized spacial score (nSPS) is 18.4. The highest BCUT2D eigenvalue weighted by Crippen LogP contribution is 2.36. The van der Waals surface area contributed by atoms with Gasteiger partial charge in [-0.1, -0.05) is 6.92 Å². The molecule has 1 aliphatic carbocycles. The Bertz CT molecular complexity index is 869. The number of nitrogens with zero attached hydrogens (tertiary/aromatic N) is 3. The minimum atomic E-state index is -0.692. The summed E-state index contributed by atoms with van der Waals surface area (Å²) in [6.07, 6.45) is 3.00. The number of thiophene rings is 1. The lowest BCUT2D eigenvalue weighted by Gasteiger charge is -2.20. The zero-order valence-electron chi connectivity index (χ0n) is 15.5. The van der Waals surface area contributed by atoms with Crippen LogP contribution in [-0.4, -0.2) is 41.6 Å². The maximum Gasteiger partial charge on any atom is 0.328 e. The number of ether oxygens (including phenoxy) is 1. The van der Waals surface area contributed by atoms with E-state index in [-0.39, 0.29) is 5.56 Å². The highest BCUT2D eigenvalue weighted by atomic mass is 32.1. The molecule has 2 aromatic heterocycles. The number of fused-ring (bicyclic) bond motifs is 3. The first-order valence-electron chi connectivity index (χ1n) is 8.61. The van der Waals surface area contributed by atoms with Crippen LogP contribution in [0.1, 0.15) is 42.6 Å². The van der Waals surface area contributed by atoms with Gasteiger partial charge in [-0.15, -0.1) is 11.3 Å². The Balaban J connectivity index is 2.26. The molecule has 0 N–H and O–H groups in total. The zero-order valence-corrected chi connectivity index (χ0v) is 16.3. The summed E-state index contributed by atoms with van der Waals surface area (Å²) in [7, 11) is 5.19. The van der Waals surface area contributed by atoms with E-state index in [1.807, 2.05) is 19.0 Å². The number of aryl methyl sites for hydroxylation is 1. The van der Waals surface area contributed by atoms with Crippen LogP contribution < -0.4 is 5.56 Å². The fourth-order valence-electron chi connectivity index (χ4n) is 3.51. The maximum atomic E-state index is 13.3. The Hall–Kier alpha value is -1.73. The Morgan fingerprint density at radius 1 is 1.48 bits per heavy atom. The van der Waals surface area contributed by atoms with Gasteiger partial charge < -0.3 is 9.64 Å². The van der Waals surface area contributed by atoms with Gasteiger partial charge in [-0.25, -0.2) is 9.78 Å². The van der Waals surface area contributed by atoms with E-state index in [0.29, 0.717) is 23.7 Å². The van der Waals surface area contributed by atoms with E-state index in [4.69, 9.17) is 9.72 Å². The monoisotopic (exact) mass is 363 g/mol. The SMILES string of the molecule is COC(=O)C(C)n1c(CN(C)C)nc2sc3c(c2c1=O)CCC(C)C3. The third kappa shape index (κ3) is 3.22. The molecule has 3 rings (SSSR count). The summed E-state index contributed by atoms with van der Waals surface area (Å²) in [6.45, 7) is 4.43. The van der Waals surface area contributed by atoms with E-state index in [1.165, 1.54) is 16.6 Å². The van der Waals surface area contributed by atoms with Crippen LogP contribution in [-0.2, 0) is 28.9 Å². The van der Waals surface area contributed by atoms with Crippen LogP contribution in [0.2, 0.25) is 0 Å². The van der Waals surface area contributed by atoms with Gasteiger partial charge in [0.25, 0.3) is 5.56 Å². The number of esters is 1. The lowest BCUT2D eigenvalue weighted by atomic mass is 9.89. The fourth-order valence-corrected chi connectivity index (χ4v) is 4.91. The Kier molecular flexibility index (Phi) is 4.97. The Labute approximate surface area is 151 Å². The van der Waals surface area contributed by atoms with Crippen molar-refractivity contribution < 1.29 is 9.53 Å². The molecule has 2 atom stereocenters. The van der Waals surface area contributed by atoms with Crippen molar-refractivity contribution in [3.63, 3.8) is 0 Å². The van der Waals surface area contributed by atoms with E-state index in [9.17, 15) is 9.59 Å². The molecule has 0 aromatic carbocycles. The van der Waals surface area contributed by atoms with Crippen LogP contribution in [0, 0.1) is 5.92 Å². The van der Waals surface area contributed by atoms with Gasteiger partial charge in [-0.05, 0) is 51.8 Å². The van der Waals surface area contributed by atoms with E-state index < -0.39 is 12.0 Å². The molecular weight excluding hydrogens is 338 g/mol. The predicted octanol–water partition coefficient (Wildman–Crippen LogP) is 2.38. The zero-order chi connectivity index (χ0) is 18.3. The average molecular weight is 363 g/mol. The van der Waals surface area contributed by atoms with Crippen molar-refractivity contribution in [1.29, 1.82) is 0 Å². The van der Waals surface area contributed by atoms with Crippen molar-refractivity contribution in [2.75, 3.05) is 21.2 Å². The van der Waals surface area contributed by atoms with E-state index in [2.05, 4.69) is 6.92 Å². The average Bonchev–Trinajstić information content (AvgIpc) is 2.90. The number of carbonyl (C=O) groups is 1. The van der Waals surface area contributed by atoms with E-state index >= 15 is 0 Å². The van der Waals surface area contributed by atoms with Crippen molar-refractivity contribution in [3.8, 4) is 0 Å². The first kappa shape index (κ1) is 18.1. The number of methoxy groups -OCH3 is 1. The lowest BCUT2D eigenvalue weighted by molar-refractivity contribution is -0.144. The van der Waals surface area contributed by atoms with Gasteiger partial charge in [0.1, 0.15) is 16.7 Å². The summed E-state index contributed by atoms with van der Waals surface area (Å²) in [5, 5.41) is 0.699. The topological polar surface area (TPSA) is 64.4 Å². The van der Waals surface area contributed by atoms with Crippen LogP contribution >= 0.6 is 11.3 Å². The van der Waals surface area contributed by atoms with Gasteiger partial charge in [0.15, 0.2) is 0 Å². The Morgan fingerprint density at radius 2 is 2.20 bits per heavy atom. The minimum absolute atomic E-state index is 0.119. The van der Waals surface area contributed by atoms with Crippen molar-refractivity contribution in [2.45, 2.75) is 45.7 Å². The van der Waals surface area contributed by atoms with Gasteiger partial charge in [-0.2, -0.15) is 0 Å². The number of hydrogen-bond acceptors (Lipinski definition) is 6. The summed E-state index contributed by atoms with van der Waals surface area (Å²) < 4.78 is 6.38. The van der Waals surface area contributed by atoms with Gasteiger partial charge in [0, 0.05) is 4.88 Å². The molecule has 0 spiro atoms. The minimum Gasteiger partial charge on any atom is -0.467 e. The summed E-state index contributed by atoms with van der Waals surface area (Å²) in [4.78, 5) is 34.2. The van der Waals surface area contributed by atoms with Crippen molar-refractivity contribution in [2.24, 2.45) is 5.92 Å². The highest BCUT2D eigenvalue weighted by molar-refractivity contribution is 7.18. The molecule has 25 heavy (non-hydrogen) atoms. The molecule has 0 saturated heterocycles. The molecule has 0 amide bonds. The van der Waals surface area contributed by atoms with Crippen molar-refractivity contribution >= 4 is 27.5 Å². The maximum absolute atomic E-state index is 13.3. The summed E-state index contributed by atoms with van der Waals surface area (Å²) in [5.41, 5.74) is 1.02. The van der Waals surface area contributed by atoms with Gasteiger partial charge in [0.2, 0.25) is 0 Å². The molecule has 136 valence electrons. The lowest BCUT2D eigenvalue weighted by Crippen LogP contribution is -2.34. The van der Waals surface area contributed by atoms with Gasteiger partial charge >= 0.3 is 5.97 Å². The van der Waals surface area contributed by atoms with E-state index in [1.54, 1.807) is 18.3 Å². The number of aromatic nitrogens is 2. The molecule has 2 aromatic rings. The third-order valence-electron chi connectivity index (χ3n) is 4.82. The Morgan fingerprint density at radius 3 is 2.84 bits per heavy atom. The molecule has 2 heterocycles. The van der Waals surface area contributed by atoms with Crippen LogP contribution in [0.5, 0.6) is 0 Å². The van der Waals surface area contributed by atoms with Gasteiger partial charge in [-0.3, -0.25) is 9.36 Å². The summed E-state index contributed by atoms with van der Waals surface area (Å²) >= 11 is 1.63. The van der Waals surface area contributed by atoms with Crippen molar-refractivity contribution in [1.82, 2.24) is 14.5 Å². The highest BCUT2D eigenvalue weighted by Gasteiger charge is 2.27. The molecule has 2 unspecified atom stereocenters. The first-order valence-corrected chi connectivity index (χ1v) is 9.43. The summed E-state index contributed by atoms with van der Waals surface area (Å²) in [5.74, 6) is 0.811. The molecule has 0 aliphatic heterocycles. The fraction of sp³-hybridized carbons (Fsp3) is 0.611. The standard InChI is InChI=1S/C18H25N3O3S/c1-10-6-7-12-13(8-10)25-16-15(12)17(22)21(11(2)18(23)24-5)14(19-16)9-20(3)4/h10-11H,6-9H2,1-5H3. The quantitative estimate of drug-likeness (QED) is 0.781. The van der Waals surface area contributed by atoms with Crippen molar-refractivity contribution in [3.05, 3.63) is 26.6 Å². The second kappa shape index (κ2) is 6.88. The third-order valence-corrected chi connectivity index (χ3v) is 5.97. The second-order valence-electron chi connectivity index (χ2n) is 7.17. The van der Waals surface area contributed by atoms with Crippen LogP contribution in [0.3, 0.4) is 0 Å². The molecule has 0 radical (unpaired) electrons.